The molecule has 0 aliphatic rings. The summed E-state index contributed by atoms with van der Waals surface area (Å²) in [5.41, 5.74) is -0.540. The predicted molar refractivity (Wildman–Crippen MR) is 108 cm³/mol. The van der Waals surface area contributed by atoms with Gasteiger partial charge in [0.15, 0.2) is 0 Å². The molecule has 0 bridgehead atoms. The quantitative estimate of drug-likeness (QED) is 0.325. The van der Waals surface area contributed by atoms with Gasteiger partial charge in [0.05, 0.1) is 11.5 Å². The van der Waals surface area contributed by atoms with Gasteiger partial charge in [0.2, 0.25) is 0 Å². The van der Waals surface area contributed by atoms with Crippen LogP contribution in [0.25, 0.3) is 11.1 Å². The van der Waals surface area contributed by atoms with Crippen LogP contribution in [0.15, 0.2) is 53.4 Å². The van der Waals surface area contributed by atoms with E-state index in [-0.39, 0.29) is 30.3 Å². The van der Waals surface area contributed by atoms with Crippen LogP contribution >= 0.6 is 7.60 Å². The maximum atomic E-state index is 12.1. The Labute approximate surface area is 170 Å². The van der Waals surface area contributed by atoms with Crippen molar-refractivity contribution < 1.29 is 36.4 Å². The largest absolute Gasteiger partial charge is 0.389 e. The third-order valence-corrected chi connectivity index (χ3v) is 6.74. The molecule has 2 aromatic carbocycles. The van der Waals surface area contributed by atoms with Gasteiger partial charge in [-0.05, 0) is 44.0 Å². The maximum Gasteiger partial charge on any atom is 0.389 e. The van der Waals surface area contributed by atoms with Gasteiger partial charge < -0.3 is 19.3 Å². The third kappa shape index (κ3) is 5.13. The summed E-state index contributed by atoms with van der Waals surface area (Å²) in [4.78, 5) is 19.8. The third-order valence-electron chi connectivity index (χ3n) is 4.06. The Balaban J connectivity index is 2.39. The van der Waals surface area contributed by atoms with E-state index in [1.807, 2.05) is 0 Å². The minimum atomic E-state index is -4.81. The summed E-state index contributed by atoms with van der Waals surface area (Å²) in [5.74, 6) is 0. The highest BCUT2D eigenvalue weighted by molar-refractivity contribution is 7.86. The molecule has 160 valence electrons. The zero-order valence-corrected chi connectivity index (χ0v) is 18.2. The second kappa shape index (κ2) is 9.49. The van der Waals surface area contributed by atoms with Gasteiger partial charge in [-0.2, -0.15) is 8.42 Å². The number of hydrogen-bond acceptors (Lipinski definition) is 6. The fraction of sp³-hybridized carbons (Fsp3) is 0.368. The lowest BCUT2D eigenvalue weighted by molar-refractivity contribution is -0.192. The van der Waals surface area contributed by atoms with Gasteiger partial charge in [0, 0.05) is 18.8 Å². The lowest BCUT2D eigenvalue weighted by Gasteiger charge is -2.33. The maximum absolute atomic E-state index is 12.1. The molecule has 0 unspecified atom stereocenters. The Bertz CT molecular complexity index is 943. The molecular formula is C19H25O8PS. The van der Waals surface area contributed by atoms with Crippen LogP contribution in [0.3, 0.4) is 0 Å². The average molecular weight is 444 g/mol. The Kier molecular flexibility index (Phi) is 7.75. The van der Waals surface area contributed by atoms with Gasteiger partial charge in [-0.1, -0.05) is 36.4 Å². The summed E-state index contributed by atoms with van der Waals surface area (Å²) in [6.07, 6.45) is 0. The highest BCUT2D eigenvalue weighted by Crippen LogP contribution is 2.58. The molecule has 10 heteroatoms. The van der Waals surface area contributed by atoms with Gasteiger partial charge in [-0.3, -0.25) is 8.75 Å². The van der Waals surface area contributed by atoms with Crippen LogP contribution in [0, 0.1) is 0 Å². The molecule has 2 rings (SSSR count). The predicted octanol–water partition coefficient (Wildman–Crippen LogP) is 3.44. The molecule has 0 aliphatic heterocycles. The summed E-state index contributed by atoms with van der Waals surface area (Å²) in [6.45, 7) is 4.97. The van der Waals surface area contributed by atoms with E-state index in [9.17, 15) is 22.8 Å². The first kappa shape index (κ1) is 23.7. The van der Waals surface area contributed by atoms with E-state index in [1.54, 1.807) is 45.0 Å². The van der Waals surface area contributed by atoms with Gasteiger partial charge in [0.1, 0.15) is 0 Å². The van der Waals surface area contributed by atoms with Gasteiger partial charge in [-0.25, -0.2) is 0 Å². The summed E-state index contributed by atoms with van der Waals surface area (Å²) in [6, 6.07) is 12.5. The molecule has 8 nitrogen and oxygen atoms in total. The van der Waals surface area contributed by atoms with E-state index < -0.39 is 23.2 Å². The van der Waals surface area contributed by atoms with Gasteiger partial charge >= 0.3 is 7.60 Å². The summed E-state index contributed by atoms with van der Waals surface area (Å²) < 4.78 is 51.5. The van der Waals surface area contributed by atoms with Crippen molar-refractivity contribution in [3.05, 3.63) is 54.1 Å². The fourth-order valence-electron chi connectivity index (χ4n) is 2.85. The zero-order chi connectivity index (χ0) is 21.7. The van der Waals surface area contributed by atoms with Crippen molar-refractivity contribution in [2.45, 2.75) is 31.2 Å². The molecule has 0 saturated heterocycles. The molecule has 0 atom stereocenters. The minimum Gasteiger partial charge on any atom is -0.337 e. The molecule has 0 aliphatic carbocycles. The van der Waals surface area contributed by atoms with E-state index in [1.165, 1.54) is 24.3 Å². The van der Waals surface area contributed by atoms with Crippen LogP contribution in [-0.4, -0.2) is 38.0 Å². The van der Waals surface area contributed by atoms with Crippen molar-refractivity contribution in [1.29, 1.82) is 0 Å². The molecule has 2 aromatic rings. The van der Waals surface area contributed by atoms with Crippen molar-refractivity contribution in [1.82, 2.24) is 0 Å². The number of benzene rings is 2. The molecule has 2 N–H and O–H groups in total. The van der Waals surface area contributed by atoms with Crippen LogP contribution in [0.5, 0.6) is 0 Å². The first-order valence-corrected chi connectivity index (χ1v) is 12.1. The van der Waals surface area contributed by atoms with Gasteiger partial charge in [0.25, 0.3) is 15.6 Å². The Morgan fingerprint density at radius 2 is 1.28 bits per heavy atom. The number of ether oxygens (including phenoxy) is 2. The molecule has 0 saturated carbocycles. The van der Waals surface area contributed by atoms with Crippen molar-refractivity contribution in [3.63, 3.8) is 0 Å². The van der Waals surface area contributed by atoms with Crippen LogP contribution < -0.4 is 0 Å². The zero-order valence-electron chi connectivity index (χ0n) is 16.4. The van der Waals surface area contributed by atoms with E-state index in [4.69, 9.17) is 13.7 Å². The first-order valence-electron chi connectivity index (χ1n) is 9.05. The molecule has 0 fully saturated rings. The Morgan fingerprint density at radius 1 is 0.828 bits per heavy atom. The van der Waals surface area contributed by atoms with Crippen molar-refractivity contribution in [3.8, 4) is 11.1 Å². The Morgan fingerprint density at radius 3 is 1.66 bits per heavy atom. The standard InChI is InChI=1S/C19H25O8PS/c1-4-25-19(26-5-2,28(20,21)22)17-11-7-15(8-12-17)16-9-13-18(14-10-16)29(23,24)27-6-3/h7-14H,4-6H2,1-3H3,(H2,20,21,22). The molecule has 0 heterocycles. The van der Waals surface area contributed by atoms with E-state index in [2.05, 4.69) is 0 Å². The van der Waals surface area contributed by atoms with E-state index in [0.717, 1.165) is 11.1 Å². The second-order valence-electron chi connectivity index (χ2n) is 5.95. The molecular weight excluding hydrogens is 419 g/mol. The normalized spacial score (nSPS) is 12.9. The number of rotatable bonds is 10. The average Bonchev–Trinajstić information content (AvgIpc) is 2.67. The Hall–Kier alpha value is -1.58. The van der Waals surface area contributed by atoms with Crippen LogP contribution in [-0.2, 0) is 33.9 Å². The topological polar surface area (TPSA) is 119 Å². The minimum absolute atomic E-state index is 0.0443. The molecule has 0 spiro atoms. The lowest BCUT2D eigenvalue weighted by atomic mass is 10.0. The molecule has 0 amide bonds. The van der Waals surface area contributed by atoms with Crippen molar-refractivity contribution >= 4 is 17.7 Å². The summed E-state index contributed by atoms with van der Waals surface area (Å²) in [5, 5.41) is 0. The molecule has 0 aromatic heterocycles. The van der Waals surface area contributed by atoms with Gasteiger partial charge in [-0.15, -0.1) is 0 Å². The van der Waals surface area contributed by atoms with Crippen molar-refractivity contribution in [2.24, 2.45) is 0 Å². The van der Waals surface area contributed by atoms with Crippen LogP contribution in [0.1, 0.15) is 26.3 Å². The monoisotopic (exact) mass is 444 g/mol. The van der Waals surface area contributed by atoms with Crippen LogP contribution in [0.2, 0.25) is 0 Å². The highest BCUT2D eigenvalue weighted by atomic mass is 32.2. The summed E-state index contributed by atoms with van der Waals surface area (Å²) in [7, 11) is -8.59. The smallest absolute Gasteiger partial charge is 0.337 e. The SMILES string of the molecule is CCOC(OCC)(c1ccc(-c2ccc(S(=O)(=O)OCC)cc2)cc1)P(=O)(O)O. The fourth-order valence-corrected chi connectivity index (χ4v) is 4.84. The van der Waals surface area contributed by atoms with E-state index >= 15 is 0 Å². The first-order chi connectivity index (χ1) is 13.6. The second-order valence-corrected chi connectivity index (χ2v) is 9.25. The molecule has 0 radical (unpaired) electrons. The van der Waals surface area contributed by atoms with Crippen LogP contribution in [0.4, 0.5) is 0 Å². The number of hydrogen-bond donors (Lipinski definition) is 2. The van der Waals surface area contributed by atoms with Crippen molar-refractivity contribution in [2.75, 3.05) is 19.8 Å². The lowest BCUT2D eigenvalue weighted by Crippen LogP contribution is -2.33. The van der Waals surface area contributed by atoms with E-state index in [0.29, 0.717) is 0 Å². The highest BCUT2D eigenvalue weighted by Gasteiger charge is 2.51. The summed E-state index contributed by atoms with van der Waals surface area (Å²) >= 11 is 0. The molecule has 29 heavy (non-hydrogen) atoms.